The maximum atomic E-state index is 2.44. The van der Waals surface area contributed by atoms with Crippen LogP contribution in [0.3, 0.4) is 0 Å². The molecule has 6 nitrogen and oxygen atoms in total. The molecule has 0 aliphatic carbocycles. The third-order valence-corrected chi connectivity index (χ3v) is 26.6. The van der Waals surface area contributed by atoms with Gasteiger partial charge in [0.05, 0.1) is 22.1 Å². The molecule has 0 radical (unpaired) electrons. The van der Waals surface area contributed by atoms with Gasteiger partial charge in [-0.1, -0.05) is 340 Å². The Bertz CT molecular complexity index is 8240. The average molecular weight is 1720 g/mol. The number of anilines is 12. The fourth-order valence-corrected chi connectivity index (χ4v) is 20.3. The minimum Gasteiger partial charge on any atom is -0.310 e. The van der Waals surface area contributed by atoms with Crippen molar-refractivity contribution in [1.82, 2.24) is 9.13 Å². The predicted molar refractivity (Wildman–Crippen MR) is 566 cm³/mol. The number of fused-ring (bicyclic) bond motifs is 9. The van der Waals surface area contributed by atoms with Crippen LogP contribution in [0.5, 0.6) is 0 Å². The molecule has 0 saturated carbocycles. The van der Waals surface area contributed by atoms with Crippen LogP contribution in [0.15, 0.2) is 534 Å². The van der Waals surface area contributed by atoms with Crippen LogP contribution in [0.4, 0.5) is 68.2 Å². The second-order valence-electron chi connectivity index (χ2n) is 33.6. The highest BCUT2D eigenvalue weighted by Gasteiger charge is 2.26. The highest BCUT2D eigenvalue weighted by Crippen LogP contribution is 2.50. The predicted octanol–water partition coefficient (Wildman–Crippen LogP) is 35.8. The Kier molecular flexibility index (Phi) is 21.5. The number of para-hydroxylation sites is 7. The molecular formula is C126H88N6S. The summed E-state index contributed by atoms with van der Waals surface area (Å²) in [5.74, 6) is 0. The second kappa shape index (κ2) is 35.7. The van der Waals surface area contributed by atoms with Crippen LogP contribution in [0.25, 0.3) is 142 Å². The molecule has 0 amide bonds. The van der Waals surface area contributed by atoms with Crippen LogP contribution in [-0.2, 0) is 0 Å². The SMILES string of the molecule is c1ccc(-c2cc(N(c3ccccc3)c3ccccc3)cc(N(c3cccc(-c4ccc5c6ccccc6n(-c6ccccc6)c5c4)c3)c3ccc4sc5ccccc5c4c3)c2)cc1.c1ccc(-c2ccc(N(c3ccccc3)c3cc(-c4ccccc4)cc(N(c4ccc(-c5ccccc5)cc4)c4cccc(-c5ccc6c7ccccc7n(-c7ccccc7)c6c5)c4)c3)cc2)cc1. The first-order valence-electron chi connectivity index (χ1n) is 45.3. The summed E-state index contributed by atoms with van der Waals surface area (Å²) in [6, 6.07) is 193. The minimum absolute atomic E-state index is 1.04. The highest BCUT2D eigenvalue weighted by molar-refractivity contribution is 7.25. The van der Waals surface area contributed by atoms with Gasteiger partial charge in [0.25, 0.3) is 0 Å². The molecular weight excluding hydrogens is 1630 g/mol. The number of hydrogen-bond acceptors (Lipinski definition) is 5. The Morgan fingerprint density at radius 2 is 0.376 bits per heavy atom. The van der Waals surface area contributed by atoms with Gasteiger partial charge < -0.3 is 28.7 Å². The molecule has 21 aromatic carbocycles. The van der Waals surface area contributed by atoms with Crippen molar-refractivity contribution < 1.29 is 0 Å². The Morgan fingerprint density at radius 3 is 0.774 bits per heavy atom. The van der Waals surface area contributed by atoms with Crippen molar-refractivity contribution in [2.45, 2.75) is 0 Å². The molecule has 0 N–H and O–H groups in total. The molecule has 3 aromatic heterocycles. The van der Waals surface area contributed by atoms with Gasteiger partial charge in [-0.3, -0.25) is 0 Å². The number of hydrogen-bond donors (Lipinski definition) is 0. The number of benzene rings is 21. The summed E-state index contributed by atoms with van der Waals surface area (Å²) in [5.41, 5.74) is 33.7. The van der Waals surface area contributed by atoms with Crippen molar-refractivity contribution in [2.24, 2.45) is 0 Å². The fourth-order valence-electron chi connectivity index (χ4n) is 19.2. The molecule has 0 aliphatic rings. The third kappa shape index (κ3) is 15.9. The lowest BCUT2D eigenvalue weighted by molar-refractivity contribution is 1.18. The smallest absolute Gasteiger partial charge is 0.0547 e. The zero-order valence-electron chi connectivity index (χ0n) is 72.9. The van der Waals surface area contributed by atoms with E-state index in [1.54, 1.807) is 0 Å². The zero-order valence-corrected chi connectivity index (χ0v) is 73.7. The van der Waals surface area contributed by atoms with E-state index in [0.717, 1.165) is 124 Å². The Labute approximate surface area is 778 Å². The van der Waals surface area contributed by atoms with Crippen LogP contribution in [-0.4, -0.2) is 9.13 Å². The van der Waals surface area contributed by atoms with E-state index in [9.17, 15) is 0 Å². The van der Waals surface area contributed by atoms with E-state index in [-0.39, 0.29) is 0 Å². The van der Waals surface area contributed by atoms with Gasteiger partial charge in [0.1, 0.15) is 0 Å². The van der Waals surface area contributed by atoms with Crippen LogP contribution in [0.2, 0.25) is 0 Å². The molecule has 0 unspecified atom stereocenters. The summed E-state index contributed by atoms with van der Waals surface area (Å²) in [6.07, 6.45) is 0. The maximum Gasteiger partial charge on any atom is 0.0547 e. The standard InChI is InChI=1S/C66H47N3.C60H41N3S/c1-6-19-48(20-7-1)51-33-38-58(39-34-51)67(56-26-12-4-13-27-56)61-44-55(50-23-10-3-11-24-50)45-62(47-61)68(59-40-35-52(36-41-59)49-21-8-2-9-22-49)60-30-18-25-53(43-60)54-37-42-64-63-31-16-17-32-65(63)69(66(64)46-54)57-28-14-5-15-29-57;1-5-18-42(19-6-1)45-37-51(61(46-21-7-2-8-22-46)47-23-9-3-10-24-47)40-52(38-45)62(50-33-35-60-56(41-50)55-29-14-16-31-59(55)64-60)49-27-17-20-43(36-49)44-32-34-54-53-28-13-15-30-57(53)63(58(54)39-44)48-25-11-4-12-26-48/h1-47H;1-41H. The van der Waals surface area contributed by atoms with E-state index >= 15 is 0 Å². The minimum atomic E-state index is 1.04. The molecule has 0 spiro atoms. The molecule has 0 aliphatic heterocycles. The Balaban J connectivity index is 0.000000151. The van der Waals surface area contributed by atoms with Crippen molar-refractivity contribution in [3.05, 3.63) is 534 Å². The second-order valence-corrected chi connectivity index (χ2v) is 34.7. The summed E-state index contributed by atoms with van der Waals surface area (Å²) >= 11 is 1.85. The Morgan fingerprint density at radius 1 is 0.128 bits per heavy atom. The van der Waals surface area contributed by atoms with Crippen LogP contribution < -0.4 is 19.6 Å². The zero-order chi connectivity index (χ0) is 88.3. The largest absolute Gasteiger partial charge is 0.310 e. The lowest BCUT2D eigenvalue weighted by atomic mass is 10.00. The Hall–Kier alpha value is -17.4. The summed E-state index contributed by atoms with van der Waals surface area (Å²) in [7, 11) is 0. The summed E-state index contributed by atoms with van der Waals surface area (Å²) in [6.45, 7) is 0. The van der Waals surface area contributed by atoms with E-state index in [1.807, 2.05) is 11.3 Å². The summed E-state index contributed by atoms with van der Waals surface area (Å²) in [5, 5.41) is 7.50. The quantitative estimate of drug-likeness (QED) is 0.0758. The molecule has 7 heteroatoms. The fraction of sp³-hybridized carbons (Fsp3) is 0. The maximum absolute atomic E-state index is 2.44. The molecule has 628 valence electrons. The molecule has 0 bridgehead atoms. The van der Waals surface area contributed by atoms with Gasteiger partial charge >= 0.3 is 0 Å². The summed E-state index contributed by atoms with van der Waals surface area (Å²) in [4.78, 5) is 9.59. The molecule has 24 rings (SSSR count). The molecule has 0 atom stereocenters. The molecule has 24 aromatic rings. The summed E-state index contributed by atoms with van der Waals surface area (Å²) < 4.78 is 7.36. The highest BCUT2D eigenvalue weighted by atomic mass is 32.1. The van der Waals surface area contributed by atoms with E-state index in [4.69, 9.17) is 0 Å². The molecule has 0 saturated heterocycles. The average Bonchev–Trinajstić information content (AvgIpc) is 1.59. The van der Waals surface area contributed by atoms with Crippen molar-refractivity contribution in [1.29, 1.82) is 0 Å². The first-order valence-corrected chi connectivity index (χ1v) is 46.1. The number of thiophene rings is 1. The monoisotopic (exact) mass is 1720 g/mol. The van der Waals surface area contributed by atoms with Crippen LogP contribution >= 0.6 is 11.3 Å². The van der Waals surface area contributed by atoms with Gasteiger partial charge in [-0.25, -0.2) is 0 Å². The van der Waals surface area contributed by atoms with E-state index < -0.39 is 0 Å². The van der Waals surface area contributed by atoms with Crippen LogP contribution in [0, 0.1) is 0 Å². The normalized spacial score (nSPS) is 11.3. The third-order valence-electron chi connectivity index (χ3n) is 25.4. The van der Waals surface area contributed by atoms with Crippen LogP contribution in [0.1, 0.15) is 0 Å². The van der Waals surface area contributed by atoms with Gasteiger partial charge in [-0.05, 0) is 261 Å². The van der Waals surface area contributed by atoms with Crippen molar-refractivity contribution in [3.8, 4) is 78.1 Å². The van der Waals surface area contributed by atoms with E-state index in [0.29, 0.717) is 0 Å². The van der Waals surface area contributed by atoms with Gasteiger partial charge in [0.2, 0.25) is 0 Å². The molecule has 133 heavy (non-hydrogen) atoms. The van der Waals surface area contributed by atoms with Gasteiger partial charge in [0, 0.05) is 121 Å². The molecule has 0 fully saturated rings. The van der Waals surface area contributed by atoms with E-state index in [2.05, 4.69) is 563 Å². The van der Waals surface area contributed by atoms with Crippen molar-refractivity contribution in [3.63, 3.8) is 0 Å². The number of rotatable bonds is 20. The molecule has 3 heterocycles. The number of nitrogens with zero attached hydrogens (tertiary/aromatic N) is 6. The number of aromatic nitrogens is 2. The van der Waals surface area contributed by atoms with Crippen molar-refractivity contribution >= 4 is 143 Å². The van der Waals surface area contributed by atoms with Gasteiger partial charge in [0.15, 0.2) is 0 Å². The topological polar surface area (TPSA) is 22.8 Å². The van der Waals surface area contributed by atoms with Gasteiger partial charge in [-0.2, -0.15) is 0 Å². The van der Waals surface area contributed by atoms with Gasteiger partial charge in [-0.15, -0.1) is 11.3 Å². The lowest BCUT2D eigenvalue weighted by Crippen LogP contribution is -2.13. The first kappa shape index (κ1) is 80.2. The first-order chi connectivity index (χ1) is 65.9. The lowest BCUT2D eigenvalue weighted by Gasteiger charge is -2.30. The van der Waals surface area contributed by atoms with Crippen molar-refractivity contribution in [2.75, 3.05) is 19.6 Å². The van der Waals surface area contributed by atoms with E-state index in [1.165, 1.54) is 86.0 Å².